The van der Waals surface area contributed by atoms with Gasteiger partial charge in [0.1, 0.15) is 5.82 Å². The minimum absolute atomic E-state index is 0.0210. The quantitative estimate of drug-likeness (QED) is 0.829. The van der Waals surface area contributed by atoms with Crippen LogP contribution >= 0.6 is 0 Å². The lowest BCUT2D eigenvalue weighted by Crippen LogP contribution is -2.41. The standard InChI is InChI=1S/C17H19FN2O4S/c1-11-16(24-12(2)19-11)17(21)20(14-7-8-25(22,23)10-14)9-13-5-3-4-6-15(13)18/h3-6,14H,7-10H2,1-2H3. The van der Waals surface area contributed by atoms with Crippen LogP contribution in [-0.4, -0.2) is 41.8 Å². The molecule has 0 saturated carbocycles. The predicted octanol–water partition coefficient (Wildman–Crippen LogP) is 2.26. The van der Waals surface area contributed by atoms with Crippen molar-refractivity contribution in [3.8, 4) is 0 Å². The molecule has 134 valence electrons. The maximum atomic E-state index is 14.0. The van der Waals surface area contributed by atoms with E-state index in [1.54, 1.807) is 32.0 Å². The third-order valence-corrected chi connectivity index (χ3v) is 6.06. The Morgan fingerprint density at radius 1 is 1.36 bits per heavy atom. The number of hydrogen-bond acceptors (Lipinski definition) is 5. The largest absolute Gasteiger partial charge is 0.436 e. The molecule has 1 aliphatic rings. The van der Waals surface area contributed by atoms with E-state index in [1.165, 1.54) is 11.0 Å². The van der Waals surface area contributed by atoms with E-state index in [9.17, 15) is 17.6 Å². The highest BCUT2D eigenvalue weighted by Crippen LogP contribution is 2.24. The number of nitrogens with zero attached hydrogens (tertiary/aromatic N) is 2. The molecule has 1 aromatic carbocycles. The number of oxazole rings is 1. The van der Waals surface area contributed by atoms with Gasteiger partial charge in [0.05, 0.1) is 17.2 Å². The number of halogens is 1. The van der Waals surface area contributed by atoms with E-state index in [4.69, 9.17) is 4.42 Å². The first-order valence-corrected chi connectivity index (χ1v) is 9.78. The van der Waals surface area contributed by atoms with E-state index in [2.05, 4.69) is 4.98 Å². The summed E-state index contributed by atoms with van der Waals surface area (Å²) < 4.78 is 43.1. The second-order valence-corrected chi connectivity index (χ2v) is 8.46. The zero-order chi connectivity index (χ0) is 18.2. The maximum absolute atomic E-state index is 14.0. The second kappa shape index (κ2) is 6.59. The van der Waals surface area contributed by atoms with Gasteiger partial charge in [-0.05, 0) is 19.4 Å². The van der Waals surface area contributed by atoms with Crippen LogP contribution in [-0.2, 0) is 16.4 Å². The zero-order valence-corrected chi connectivity index (χ0v) is 14.8. The van der Waals surface area contributed by atoms with Gasteiger partial charge in [-0.1, -0.05) is 18.2 Å². The number of sulfone groups is 1. The van der Waals surface area contributed by atoms with Crippen molar-refractivity contribution in [3.63, 3.8) is 0 Å². The molecular weight excluding hydrogens is 347 g/mol. The van der Waals surface area contributed by atoms with Gasteiger partial charge in [0.15, 0.2) is 15.7 Å². The van der Waals surface area contributed by atoms with Gasteiger partial charge < -0.3 is 9.32 Å². The van der Waals surface area contributed by atoms with Crippen LogP contribution in [0.25, 0.3) is 0 Å². The third-order valence-electron chi connectivity index (χ3n) is 4.31. The highest BCUT2D eigenvalue weighted by molar-refractivity contribution is 7.91. The summed E-state index contributed by atoms with van der Waals surface area (Å²) in [5.41, 5.74) is 0.760. The van der Waals surface area contributed by atoms with Gasteiger partial charge in [0.2, 0.25) is 5.76 Å². The topological polar surface area (TPSA) is 80.5 Å². The Hall–Kier alpha value is -2.22. The van der Waals surface area contributed by atoms with Crippen LogP contribution in [0.15, 0.2) is 28.7 Å². The molecule has 1 aliphatic heterocycles. The summed E-state index contributed by atoms with van der Waals surface area (Å²) in [6.07, 6.45) is 0.328. The van der Waals surface area contributed by atoms with Gasteiger partial charge in [0.25, 0.3) is 5.91 Å². The van der Waals surface area contributed by atoms with Gasteiger partial charge in [-0.15, -0.1) is 0 Å². The lowest BCUT2D eigenvalue weighted by atomic mass is 10.1. The van der Waals surface area contributed by atoms with Crippen molar-refractivity contribution in [2.45, 2.75) is 32.9 Å². The molecule has 3 rings (SSSR count). The summed E-state index contributed by atoms with van der Waals surface area (Å²) in [6, 6.07) is 5.62. The fourth-order valence-corrected chi connectivity index (χ4v) is 4.79. The average Bonchev–Trinajstić information content (AvgIpc) is 3.07. The maximum Gasteiger partial charge on any atom is 0.292 e. The average molecular weight is 366 g/mol. The number of amides is 1. The summed E-state index contributed by atoms with van der Waals surface area (Å²) in [5.74, 6) is -0.592. The van der Waals surface area contributed by atoms with E-state index in [0.717, 1.165) is 0 Å². The molecule has 0 radical (unpaired) electrons. The molecule has 25 heavy (non-hydrogen) atoms. The molecule has 0 aliphatic carbocycles. The van der Waals surface area contributed by atoms with Crippen molar-refractivity contribution in [1.82, 2.24) is 9.88 Å². The molecule has 2 aromatic rings. The van der Waals surface area contributed by atoms with Gasteiger partial charge in [-0.2, -0.15) is 0 Å². The highest BCUT2D eigenvalue weighted by Gasteiger charge is 2.37. The second-order valence-electron chi connectivity index (χ2n) is 6.23. The molecule has 0 spiro atoms. The number of aromatic nitrogens is 1. The van der Waals surface area contributed by atoms with Gasteiger partial charge >= 0.3 is 0 Å². The first-order valence-electron chi connectivity index (χ1n) is 7.95. The van der Waals surface area contributed by atoms with Crippen molar-refractivity contribution in [2.24, 2.45) is 0 Å². The van der Waals surface area contributed by atoms with Crippen molar-refractivity contribution >= 4 is 15.7 Å². The predicted molar refractivity (Wildman–Crippen MR) is 89.3 cm³/mol. The molecule has 0 N–H and O–H groups in total. The lowest BCUT2D eigenvalue weighted by molar-refractivity contribution is 0.0643. The molecule has 1 aromatic heterocycles. The van der Waals surface area contributed by atoms with Crippen molar-refractivity contribution < 1.29 is 22.0 Å². The Kier molecular flexibility index (Phi) is 4.64. The Labute approximate surface area is 145 Å². The minimum Gasteiger partial charge on any atom is -0.436 e. The van der Waals surface area contributed by atoms with Crippen molar-refractivity contribution in [1.29, 1.82) is 0 Å². The number of aryl methyl sites for hydroxylation is 2. The molecular formula is C17H19FN2O4S. The molecule has 1 unspecified atom stereocenters. The summed E-state index contributed by atoms with van der Waals surface area (Å²) in [6.45, 7) is 3.26. The fraction of sp³-hybridized carbons (Fsp3) is 0.412. The zero-order valence-electron chi connectivity index (χ0n) is 14.0. The summed E-state index contributed by atoms with van der Waals surface area (Å²) in [5, 5.41) is 0. The molecule has 1 atom stereocenters. The molecule has 0 bridgehead atoms. The molecule has 1 saturated heterocycles. The SMILES string of the molecule is Cc1nc(C)c(C(=O)N(Cc2ccccc2F)C2CCS(=O)(=O)C2)o1. The van der Waals surface area contributed by atoms with Crippen LogP contribution < -0.4 is 0 Å². The smallest absolute Gasteiger partial charge is 0.292 e. The Morgan fingerprint density at radius 3 is 2.64 bits per heavy atom. The Bertz CT molecular complexity index is 907. The number of rotatable bonds is 4. The van der Waals surface area contributed by atoms with Crippen LogP contribution in [0.1, 0.15) is 34.1 Å². The first kappa shape index (κ1) is 17.6. The first-order chi connectivity index (χ1) is 11.8. The van der Waals surface area contributed by atoms with E-state index in [-0.39, 0.29) is 23.8 Å². The number of carbonyl (C=O) groups excluding carboxylic acids is 1. The van der Waals surface area contributed by atoms with Crippen LogP contribution in [0.2, 0.25) is 0 Å². The molecule has 1 amide bonds. The summed E-state index contributed by atoms with van der Waals surface area (Å²) in [7, 11) is -3.20. The fourth-order valence-electron chi connectivity index (χ4n) is 3.06. The number of benzene rings is 1. The van der Waals surface area contributed by atoms with Crippen LogP contribution in [0.5, 0.6) is 0 Å². The Balaban J connectivity index is 1.95. The van der Waals surface area contributed by atoms with E-state index in [1.807, 2.05) is 0 Å². The molecule has 6 nitrogen and oxygen atoms in total. The van der Waals surface area contributed by atoms with Crippen LogP contribution in [0.3, 0.4) is 0 Å². The van der Waals surface area contributed by atoms with Crippen LogP contribution in [0, 0.1) is 19.7 Å². The molecule has 2 heterocycles. The van der Waals surface area contributed by atoms with E-state index in [0.29, 0.717) is 23.6 Å². The molecule has 8 heteroatoms. The van der Waals surface area contributed by atoms with Crippen molar-refractivity contribution in [2.75, 3.05) is 11.5 Å². The summed E-state index contributed by atoms with van der Waals surface area (Å²) >= 11 is 0. The van der Waals surface area contributed by atoms with Gasteiger partial charge in [-0.25, -0.2) is 17.8 Å². The lowest BCUT2D eigenvalue weighted by Gasteiger charge is -2.27. The highest BCUT2D eigenvalue weighted by atomic mass is 32.2. The van der Waals surface area contributed by atoms with Gasteiger partial charge in [0, 0.05) is 25.1 Å². The van der Waals surface area contributed by atoms with E-state index < -0.39 is 27.6 Å². The number of carbonyl (C=O) groups is 1. The normalized spacial score (nSPS) is 19.1. The van der Waals surface area contributed by atoms with Gasteiger partial charge in [-0.3, -0.25) is 4.79 Å². The Morgan fingerprint density at radius 2 is 2.08 bits per heavy atom. The van der Waals surface area contributed by atoms with Crippen LogP contribution in [0.4, 0.5) is 4.39 Å². The monoisotopic (exact) mass is 366 g/mol. The summed E-state index contributed by atoms with van der Waals surface area (Å²) in [4.78, 5) is 18.4. The third kappa shape index (κ3) is 3.73. The van der Waals surface area contributed by atoms with Crippen molar-refractivity contribution in [3.05, 3.63) is 53.0 Å². The number of hydrogen-bond donors (Lipinski definition) is 0. The molecule has 1 fully saturated rings. The minimum atomic E-state index is -3.20. The van der Waals surface area contributed by atoms with E-state index >= 15 is 0 Å².